The Morgan fingerprint density at radius 1 is 1.19 bits per heavy atom. The number of piperazine rings is 1. The summed E-state index contributed by atoms with van der Waals surface area (Å²) in [4.78, 5) is 21.7. The molecular weight excluding hydrogens is 350 g/mol. The molecule has 136 valence electrons. The molecule has 0 saturated carbocycles. The van der Waals surface area contributed by atoms with Crippen LogP contribution in [0.15, 0.2) is 30.3 Å². The molecule has 1 unspecified atom stereocenters. The topological polar surface area (TPSA) is 74.0 Å². The third-order valence-electron chi connectivity index (χ3n) is 4.79. The fourth-order valence-electron chi connectivity index (χ4n) is 3.48. The van der Waals surface area contributed by atoms with Crippen LogP contribution in [0.2, 0.25) is 0 Å². The number of thiazole rings is 1. The van der Waals surface area contributed by atoms with Crippen LogP contribution in [-0.4, -0.2) is 61.6 Å². The number of hydrogen-bond donors (Lipinski definition) is 1. The van der Waals surface area contributed by atoms with Crippen molar-refractivity contribution in [3.8, 4) is 5.88 Å². The number of rotatable bonds is 3. The number of amides is 1. The van der Waals surface area contributed by atoms with Crippen LogP contribution in [0, 0.1) is 6.92 Å². The van der Waals surface area contributed by atoms with E-state index in [1.165, 1.54) is 15.9 Å². The maximum absolute atomic E-state index is 11.6. The second-order valence-electron chi connectivity index (χ2n) is 6.50. The van der Waals surface area contributed by atoms with E-state index in [1.807, 2.05) is 30.0 Å². The summed E-state index contributed by atoms with van der Waals surface area (Å²) in [7, 11) is 0. The zero-order valence-electron chi connectivity index (χ0n) is 14.8. The van der Waals surface area contributed by atoms with E-state index in [0.29, 0.717) is 23.9 Å². The van der Waals surface area contributed by atoms with Crippen molar-refractivity contribution in [1.29, 1.82) is 0 Å². The van der Waals surface area contributed by atoms with Gasteiger partial charge in [-0.05, 0) is 12.5 Å². The Labute approximate surface area is 155 Å². The molecule has 7 nitrogen and oxygen atoms in total. The molecule has 0 aliphatic carbocycles. The van der Waals surface area contributed by atoms with E-state index in [4.69, 9.17) is 0 Å². The number of benzene rings is 1. The second-order valence-corrected chi connectivity index (χ2v) is 7.51. The van der Waals surface area contributed by atoms with Gasteiger partial charge >= 0.3 is 0 Å². The molecule has 0 radical (unpaired) electrons. The van der Waals surface area contributed by atoms with E-state index < -0.39 is 0 Å². The van der Waals surface area contributed by atoms with E-state index in [-0.39, 0.29) is 17.8 Å². The lowest BCUT2D eigenvalue weighted by Crippen LogP contribution is -2.49. The van der Waals surface area contributed by atoms with Crippen LogP contribution in [0.5, 0.6) is 5.88 Å². The van der Waals surface area contributed by atoms with Crippen LogP contribution < -0.4 is 0 Å². The molecule has 1 aliphatic rings. The van der Waals surface area contributed by atoms with Crippen LogP contribution in [0.1, 0.15) is 29.2 Å². The Kier molecular flexibility index (Phi) is 4.37. The van der Waals surface area contributed by atoms with Gasteiger partial charge < -0.3 is 10.0 Å². The molecule has 2 aromatic heterocycles. The van der Waals surface area contributed by atoms with Crippen LogP contribution >= 0.6 is 11.3 Å². The Hall–Kier alpha value is -2.45. The summed E-state index contributed by atoms with van der Waals surface area (Å²) in [6.45, 7) is 6.32. The highest BCUT2D eigenvalue weighted by atomic mass is 32.1. The molecule has 1 aromatic carbocycles. The predicted octanol–water partition coefficient (Wildman–Crippen LogP) is 2.06. The molecule has 8 heteroatoms. The fraction of sp³-hybridized carbons (Fsp3) is 0.389. The van der Waals surface area contributed by atoms with Crippen molar-refractivity contribution in [2.24, 2.45) is 0 Å². The predicted molar refractivity (Wildman–Crippen MR) is 99.4 cm³/mol. The third kappa shape index (κ3) is 2.95. The Morgan fingerprint density at radius 2 is 1.88 bits per heavy atom. The molecule has 3 heterocycles. The van der Waals surface area contributed by atoms with Crippen LogP contribution in [0.4, 0.5) is 0 Å². The fourth-order valence-corrected chi connectivity index (χ4v) is 4.65. The molecular formula is C18H21N5O2S. The van der Waals surface area contributed by atoms with Gasteiger partial charge in [0.1, 0.15) is 5.82 Å². The monoisotopic (exact) mass is 371 g/mol. The average molecular weight is 371 g/mol. The lowest BCUT2D eigenvalue weighted by Gasteiger charge is -2.38. The number of aryl methyl sites for hydroxylation is 1. The molecule has 26 heavy (non-hydrogen) atoms. The third-order valence-corrected chi connectivity index (χ3v) is 5.87. The summed E-state index contributed by atoms with van der Waals surface area (Å²) in [6.07, 6.45) is 0. The first-order chi connectivity index (χ1) is 12.5. The first kappa shape index (κ1) is 17.0. The molecule has 1 aliphatic heterocycles. The SMILES string of the molecule is CC(=O)N1CCN(C(c2ccccc2)c2sc3nc(C)nn3c2O)CC1. The molecule has 1 atom stereocenters. The Bertz CT molecular complexity index is 928. The molecule has 1 saturated heterocycles. The number of aromatic hydroxyl groups is 1. The van der Waals surface area contributed by atoms with E-state index in [2.05, 4.69) is 27.1 Å². The van der Waals surface area contributed by atoms with Crippen molar-refractivity contribution in [3.05, 3.63) is 46.6 Å². The van der Waals surface area contributed by atoms with Gasteiger partial charge in [0.15, 0.2) is 0 Å². The molecule has 0 spiro atoms. The van der Waals surface area contributed by atoms with Gasteiger partial charge in [-0.15, -0.1) is 5.10 Å². The minimum Gasteiger partial charge on any atom is -0.492 e. The van der Waals surface area contributed by atoms with Crippen LogP contribution in [0.3, 0.4) is 0 Å². The maximum atomic E-state index is 11.6. The molecule has 0 bridgehead atoms. The van der Waals surface area contributed by atoms with Crippen molar-refractivity contribution in [2.75, 3.05) is 26.2 Å². The number of fused-ring (bicyclic) bond motifs is 1. The van der Waals surface area contributed by atoms with Gasteiger partial charge in [-0.2, -0.15) is 4.52 Å². The van der Waals surface area contributed by atoms with Crippen molar-refractivity contribution in [3.63, 3.8) is 0 Å². The summed E-state index contributed by atoms with van der Waals surface area (Å²) < 4.78 is 1.51. The first-order valence-electron chi connectivity index (χ1n) is 8.64. The highest BCUT2D eigenvalue weighted by Gasteiger charge is 2.31. The average Bonchev–Trinajstić information content (AvgIpc) is 3.14. The molecule has 1 N–H and O–H groups in total. The van der Waals surface area contributed by atoms with Crippen molar-refractivity contribution >= 4 is 22.2 Å². The highest BCUT2D eigenvalue weighted by molar-refractivity contribution is 7.17. The van der Waals surface area contributed by atoms with E-state index in [9.17, 15) is 9.90 Å². The largest absolute Gasteiger partial charge is 0.492 e. The molecule has 1 amide bonds. The van der Waals surface area contributed by atoms with Gasteiger partial charge in [-0.3, -0.25) is 9.69 Å². The van der Waals surface area contributed by atoms with Gasteiger partial charge in [0.05, 0.1) is 10.9 Å². The zero-order valence-corrected chi connectivity index (χ0v) is 15.6. The molecule has 1 fully saturated rings. The van der Waals surface area contributed by atoms with Gasteiger partial charge in [-0.1, -0.05) is 41.7 Å². The minimum absolute atomic E-state index is 0.0842. The quantitative estimate of drug-likeness (QED) is 0.763. The lowest BCUT2D eigenvalue weighted by atomic mass is 10.0. The van der Waals surface area contributed by atoms with E-state index in [1.54, 1.807) is 6.92 Å². The van der Waals surface area contributed by atoms with Gasteiger partial charge in [0.2, 0.25) is 16.7 Å². The summed E-state index contributed by atoms with van der Waals surface area (Å²) >= 11 is 1.47. The summed E-state index contributed by atoms with van der Waals surface area (Å²) in [5.41, 5.74) is 1.11. The standard InChI is InChI=1S/C18H21N5O2S/c1-12-19-18-23(20-12)17(25)16(26-18)15(14-6-4-3-5-7-14)22-10-8-21(9-11-22)13(2)24/h3-7,15,25H,8-11H2,1-2H3. The molecule has 3 aromatic rings. The minimum atomic E-state index is -0.0842. The number of hydrogen-bond acceptors (Lipinski definition) is 6. The Morgan fingerprint density at radius 3 is 2.50 bits per heavy atom. The number of aromatic nitrogens is 3. The Balaban J connectivity index is 1.73. The lowest BCUT2D eigenvalue weighted by molar-refractivity contribution is -0.130. The smallest absolute Gasteiger partial charge is 0.230 e. The first-order valence-corrected chi connectivity index (χ1v) is 9.46. The second kappa shape index (κ2) is 6.69. The van der Waals surface area contributed by atoms with Gasteiger partial charge in [0.25, 0.3) is 0 Å². The van der Waals surface area contributed by atoms with Gasteiger partial charge in [-0.25, -0.2) is 4.98 Å². The van der Waals surface area contributed by atoms with Crippen molar-refractivity contribution in [2.45, 2.75) is 19.9 Å². The van der Waals surface area contributed by atoms with Crippen molar-refractivity contribution < 1.29 is 9.90 Å². The van der Waals surface area contributed by atoms with Crippen LogP contribution in [-0.2, 0) is 4.79 Å². The zero-order chi connectivity index (χ0) is 18.3. The maximum Gasteiger partial charge on any atom is 0.230 e. The summed E-state index contributed by atoms with van der Waals surface area (Å²) in [5, 5.41) is 15.1. The summed E-state index contributed by atoms with van der Waals surface area (Å²) in [5.74, 6) is 0.899. The molecule has 4 rings (SSSR count). The normalized spacial score (nSPS) is 16.9. The number of carbonyl (C=O) groups excluding carboxylic acids is 1. The highest BCUT2D eigenvalue weighted by Crippen LogP contribution is 2.40. The summed E-state index contributed by atoms with van der Waals surface area (Å²) in [6, 6.07) is 10.1. The van der Waals surface area contributed by atoms with Gasteiger partial charge in [0, 0.05) is 33.1 Å². The van der Waals surface area contributed by atoms with Crippen molar-refractivity contribution in [1.82, 2.24) is 24.4 Å². The van der Waals surface area contributed by atoms with Crippen LogP contribution in [0.25, 0.3) is 4.96 Å². The van der Waals surface area contributed by atoms with E-state index in [0.717, 1.165) is 23.5 Å². The number of carbonyl (C=O) groups is 1. The van der Waals surface area contributed by atoms with E-state index >= 15 is 0 Å². The number of nitrogens with zero attached hydrogens (tertiary/aromatic N) is 5.